The molecule has 0 bridgehead atoms. The van der Waals surface area contributed by atoms with Crippen LogP contribution in [0.3, 0.4) is 0 Å². The molecule has 0 saturated heterocycles. The van der Waals surface area contributed by atoms with Crippen LogP contribution in [0.2, 0.25) is 0 Å². The molecule has 1 aromatic carbocycles. The Kier molecular flexibility index (Phi) is 4.94. The van der Waals surface area contributed by atoms with Crippen LogP contribution in [-0.4, -0.2) is 28.2 Å². The number of nitro groups is 1. The van der Waals surface area contributed by atoms with E-state index >= 15 is 0 Å². The summed E-state index contributed by atoms with van der Waals surface area (Å²) < 4.78 is 19.2. The number of rotatable bonds is 7. The van der Waals surface area contributed by atoms with E-state index in [9.17, 15) is 14.5 Å². The average molecular weight is 294 g/mol. The van der Waals surface area contributed by atoms with Gasteiger partial charge in [0.05, 0.1) is 16.6 Å². The highest BCUT2D eigenvalue weighted by Crippen LogP contribution is 2.25. The van der Waals surface area contributed by atoms with Crippen molar-refractivity contribution in [1.29, 1.82) is 0 Å². The SMILES string of the molecule is CCCNCCc1nnc(-c2ccc([N+](=O)[O-])cc2F)o1. The van der Waals surface area contributed by atoms with E-state index in [1.165, 1.54) is 12.1 Å². The second-order valence-electron chi connectivity index (χ2n) is 4.42. The number of nitro benzene ring substituents is 1. The predicted octanol–water partition coefficient (Wildman–Crippen LogP) is 2.33. The van der Waals surface area contributed by atoms with Gasteiger partial charge < -0.3 is 9.73 Å². The van der Waals surface area contributed by atoms with Crippen molar-refractivity contribution in [2.45, 2.75) is 19.8 Å². The quantitative estimate of drug-likeness (QED) is 0.478. The van der Waals surface area contributed by atoms with Crippen molar-refractivity contribution in [2.24, 2.45) is 0 Å². The van der Waals surface area contributed by atoms with Gasteiger partial charge in [-0.1, -0.05) is 6.92 Å². The molecular weight excluding hydrogens is 279 g/mol. The Bertz CT molecular complexity index is 630. The zero-order valence-corrected chi connectivity index (χ0v) is 11.5. The number of hydrogen-bond donors (Lipinski definition) is 1. The van der Waals surface area contributed by atoms with Crippen molar-refractivity contribution in [1.82, 2.24) is 15.5 Å². The number of halogens is 1. The first-order chi connectivity index (χ1) is 10.1. The molecule has 0 aliphatic rings. The van der Waals surface area contributed by atoms with Crippen molar-refractivity contribution in [2.75, 3.05) is 13.1 Å². The van der Waals surface area contributed by atoms with Crippen LogP contribution >= 0.6 is 0 Å². The first-order valence-corrected chi connectivity index (χ1v) is 6.59. The minimum atomic E-state index is -0.761. The van der Waals surface area contributed by atoms with Crippen molar-refractivity contribution < 1.29 is 13.7 Å². The maximum atomic E-state index is 13.8. The normalized spacial score (nSPS) is 10.8. The van der Waals surface area contributed by atoms with E-state index in [4.69, 9.17) is 4.42 Å². The summed E-state index contributed by atoms with van der Waals surface area (Å²) in [5.41, 5.74) is -0.263. The van der Waals surface area contributed by atoms with Crippen LogP contribution in [0.15, 0.2) is 22.6 Å². The maximum absolute atomic E-state index is 13.8. The van der Waals surface area contributed by atoms with Crippen molar-refractivity contribution in [3.8, 4) is 11.5 Å². The van der Waals surface area contributed by atoms with E-state index in [2.05, 4.69) is 22.4 Å². The van der Waals surface area contributed by atoms with Crippen LogP contribution in [0.25, 0.3) is 11.5 Å². The molecule has 0 radical (unpaired) electrons. The summed E-state index contributed by atoms with van der Waals surface area (Å²) in [6, 6.07) is 3.30. The fourth-order valence-corrected chi connectivity index (χ4v) is 1.75. The molecule has 2 rings (SSSR count). The molecule has 7 nitrogen and oxygen atoms in total. The number of nitrogens with one attached hydrogen (secondary N) is 1. The molecule has 1 aromatic heterocycles. The summed E-state index contributed by atoms with van der Waals surface area (Å²) in [6.07, 6.45) is 1.57. The van der Waals surface area contributed by atoms with Crippen LogP contribution in [0, 0.1) is 15.9 Å². The Morgan fingerprint density at radius 3 is 2.86 bits per heavy atom. The maximum Gasteiger partial charge on any atom is 0.272 e. The highest BCUT2D eigenvalue weighted by molar-refractivity contribution is 5.56. The van der Waals surface area contributed by atoms with Gasteiger partial charge >= 0.3 is 0 Å². The van der Waals surface area contributed by atoms with E-state index in [1.54, 1.807) is 0 Å². The summed E-state index contributed by atoms with van der Waals surface area (Å²) >= 11 is 0. The number of hydrogen-bond acceptors (Lipinski definition) is 6. The average Bonchev–Trinajstić information content (AvgIpc) is 2.92. The molecular formula is C13H15FN4O3. The molecule has 0 amide bonds. The van der Waals surface area contributed by atoms with E-state index in [0.717, 1.165) is 19.0 Å². The van der Waals surface area contributed by atoms with Gasteiger partial charge in [0.15, 0.2) is 0 Å². The number of nitrogens with zero attached hydrogens (tertiary/aromatic N) is 3. The largest absolute Gasteiger partial charge is 0.421 e. The van der Waals surface area contributed by atoms with Crippen molar-refractivity contribution in [3.63, 3.8) is 0 Å². The predicted molar refractivity (Wildman–Crippen MR) is 73.2 cm³/mol. The fourth-order valence-electron chi connectivity index (χ4n) is 1.75. The number of non-ortho nitro benzene ring substituents is 1. The molecule has 0 unspecified atom stereocenters. The van der Waals surface area contributed by atoms with Gasteiger partial charge in [-0.3, -0.25) is 10.1 Å². The van der Waals surface area contributed by atoms with E-state index in [-0.39, 0.29) is 17.1 Å². The fraction of sp³-hybridized carbons (Fsp3) is 0.385. The van der Waals surface area contributed by atoms with Gasteiger partial charge in [0.25, 0.3) is 11.6 Å². The molecule has 0 aliphatic carbocycles. The smallest absolute Gasteiger partial charge is 0.272 e. The van der Waals surface area contributed by atoms with E-state index in [1.807, 2.05) is 0 Å². The molecule has 8 heteroatoms. The Morgan fingerprint density at radius 1 is 1.38 bits per heavy atom. The Morgan fingerprint density at radius 2 is 2.19 bits per heavy atom. The highest BCUT2D eigenvalue weighted by Gasteiger charge is 2.16. The first kappa shape index (κ1) is 15.0. The topological polar surface area (TPSA) is 94.1 Å². The Balaban J connectivity index is 2.08. The Labute approximate surface area is 120 Å². The molecule has 2 aromatic rings. The molecule has 0 spiro atoms. The van der Waals surface area contributed by atoms with Gasteiger partial charge in [0.2, 0.25) is 5.89 Å². The summed E-state index contributed by atoms with van der Waals surface area (Å²) in [5, 5.41) is 21.3. The molecule has 21 heavy (non-hydrogen) atoms. The number of benzene rings is 1. The zero-order valence-electron chi connectivity index (χ0n) is 11.5. The highest BCUT2D eigenvalue weighted by atomic mass is 19.1. The molecule has 1 N–H and O–H groups in total. The molecule has 0 saturated carbocycles. The lowest BCUT2D eigenvalue weighted by Crippen LogP contribution is -2.17. The lowest BCUT2D eigenvalue weighted by atomic mass is 10.2. The minimum absolute atomic E-state index is 0.0212. The van der Waals surface area contributed by atoms with Gasteiger partial charge in [-0.15, -0.1) is 10.2 Å². The van der Waals surface area contributed by atoms with Gasteiger partial charge in [-0.05, 0) is 19.0 Å². The minimum Gasteiger partial charge on any atom is -0.421 e. The molecule has 0 atom stereocenters. The van der Waals surface area contributed by atoms with E-state index < -0.39 is 10.7 Å². The molecule has 0 fully saturated rings. The lowest BCUT2D eigenvalue weighted by Gasteiger charge is -1.99. The van der Waals surface area contributed by atoms with E-state index in [0.29, 0.717) is 18.9 Å². The second kappa shape index (κ2) is 6.89. The van der Waals surface area contributed by atoms with Crippen LogP contribution in [0.4, 0.5) is 10.1 Å². The second-order valence-corrected chi connectivity index (χ2v) is 4.42. The summed E-state index contributed by atoms with van der Waals surface area (Å²) in [6.45, 7) is 3.66. The van der Waals surface area contributed by atoms with Crippen LogP contribution in [0.1, 0.15) is 19.2 Å². The summed E-state index contributed by atoms with van der Waals surface area (Å²) in [5.74, 6) is -0.345. The summed E-state index contributed by atoms with van der Waals surface area (Å²) in [7, 11) is 0. The molecule has 1 heterocycles. The third-order valence-corrected chi connectivity index (χ3v) is 2.80. The van der Waals surface area contributed by atoms with Crippen LogP contribution < -0.4 is 5.32 Å². The third kappa shape index (κ3) is 3.82. The lowest BCUT2D eigenvalue weighted by molar-refractivity contribution is -0.385. The third-order valence-electron chi connectivity index (χ3n) is 2.80. The summed E-state index contributed by atoms with van der Waals surface area (Å²) in [4.78, 5) is 9.90. The van der Waals surface area contributed by atoms with Crippen molar-refractivity contribution >= 4 is 5.69 Å². The van der Waals surface area contributed by atoms with Gasteiger partial charge in [-0.2, -0.15) is 0 Å². The van der Waals surface area contributed by atoms with Crippen molar-refractivity contribution in [3.05, 3.63) is 40.0 Å². The number of aromatic nitrogens is 2. The van der Waals surface area contributed by atoms with Gasteiger partial charge in [0.1, 0.15) is 5.82 Å². The van der Waals surface area contributed by atoms with Crippen LogP contribution in [0.5, 0.6) is 0 Å². The zero-order chi connectivity index (χ0) is 15.2. The Hall–Kier alpha value is -2.35. The first-order valence-electron chi connectivity index (χ1n) is 6.59. The van der Waals surface area contributed by atoms with Gasteiger partial charge in [0, 0.05) is 19.0 Å². The molecule has 0 aliphatic heterocycles. The standard InChI is InChI=1S/C13H15FN4O3/c1-2-6-15-7-5-12-16-17-13(21-12)10-4-3-9(18(19)20)8-11(10)14/h3-4,8,15H,2,5-7H2,1H3. The monoisotopic (exact) mass is 294 g/mol. The van der Waals surface area contributed by atoms with Gasteiger partial charge in [-0.25, -0.2) is 4.39 Å². The molecule has 112 valence electrons. The van der Waals surface area contributed by atoms with Crippen LogP contribution in [-0.2, 0) is 6.42 Å².